The van der Waals surface area contributed by atoms with Crippen LogP contribution in [0.25, 0.3) is 0 Å². The van der Waals surface area contributed by atoms with Crippen molar-refractivity contribution in [3.63, 3.8) is 0 Å². The summed E-state index contributed by atoms with van der Waals surface area (Å²) in [6.07, 6.45) is -8.61. The van der Waals surface area contributed by atoms with Gasteiger partial charge in [0.1, 0.15) is 6.04 Å². The summed E-state index contributed by atoms with van der Waals surface area (Å²) < 4.78 is 96.5. The Hall–Kier alpha value is -3.68. The number of likely N-dealkylation sites (N-methyl/N-ethyl adjacent to an activating group) is 1. The molecule has 3 aliphatic heterocycles. The highest BCUT2D eigenvalue weighted by Crippen LogP contribution is 2.42. The maximum absolute atomic E-state index is 14.0. The maximum Gasteiger partial charge on any atom is 0.416 e. The number of ether oxygens (including phenoxy) is 3. The number of piperidine rings is 1. The minimum Gasteiger partial charge on any atom is -0.454 e. The number of hydrogen-bond donors (Lipinski definition) is 0. The van der Waals surface area contributed by atoms with Gasteiger partial charge in [0.05, 0.1) is 17.7 Å². The molecule has 0 N–H and O–H groups in total. The van der Waals surface area contributed by atoms with Crippen LogP contribution in [0.3, 0.4) is 0 Å². The topological polar surface area (TPSA) is 71.6 Å². The molecule has 2 saturated heterocycles. The molecule has 2 aromatic rings. The smallest absolute Gasteiger partial charge is 0.416 e. The summed E-state index contributed by atoms with van der Waals surface area (Å²) in [7, 11) is 1.46. The van der Waals surface area contributed by atoms with E-state index in [1.165, 1.54) is 11.9 Å². The molecule has 0 spiro atoms. The fourth-order valence-corrected chi connectivity index (χ4v) is 5.79. The van der Waals surface area contributed by atoms with Gasteiger partial charge in [0.25, 0.3) is 0 Å². The van der Waals surface area contributed by atoms with Gasteiger partial charge >= 0.3 is 18.4 Å². The van der Waals surface area contributed by atoms with Crippen molar-refractivity contribution < 1.29 is 50.1 Å². The summed E-state index contributed by atoms with van der Waals surface area (Å²) >= 11 is 0. The predicted octanol–water partition coefficient (Wildman–Crippen LogP) is 5.50. The van der Waals surface area contributed by atoms with Gasteiger partial charge in [0.15, 0.2) is 11.5 Å². The van der Waals surface area contributed by atoms with Crippen molar-refractivity contribution in [1.82, 2.24) is 14.7 Å². The molecule has 2 aromatic carbocycles. The number of carbonyl (C=O) groups excluding carboxylic acids is 2. The maximum atomic E-state index is 14.0. The first-order chi connectivity index (χ1) is 20.3. The number of fused-ring (bicyclic) bond motifs is 1. The van der Waals surface area contributed by atoms with Crippen molar-refractivity contribution in [1.29, 1.82) is 0 Å². The molecule has 14 heteroatoms. The molecule has 0 saturated carbocycles. The second kappa shape index (κ2) is 12.1. The monoisotopic (exact) mass is 615 g/mol. The van der Waals surface area contributed by atoms with Crippen LogP contribution in [0.1, 0.15) is 47.6 Å². The van der Waals surface area contributed by atoms with Gasteiger partial charge in [-0.25, -0.2) is 4.79 Å². The van der Waals surface area contributed by atoms with Crippen molar-refractivity contribution >= 4 is 12.0 Å². The number of para-hydroxylation sites is 1. The fourth-order valence-electron chi connectivity index (χ4n) is 5.79. The first kappa shape index (κ1) is 30.8. The van der Waals surface area contributed by atoms with E-state index in [1.807, 2.05) is 4.90 Å². The van der Waals surface area contributed by atoms with E-state index < -0.39 is 35.4 Å². The number of halogens is 6. The van der Waals surface area contributed by atoms with Gasteiger partial charge in [-0.15, -0.1) is 0 Å². The Labute approximate surface area is 244 Å². The fraction of sp³-hybridized carbons (Fsp3) is 0.517. The van der Waals surface area contributed by atoms with Crippen LogP contribution in [0.4, 0.5) is 31.1 Å². The number of hydrogen-bond acceptors (Lipinski definition) is 6. The summed E-state index contributed by atoms with van der Waals surface area (Å²) in [5, 5.41) is 0. The Morgan fingerprint density at radius 2 is 1.65 bits per heavy atom. The molecule has 43 heavy (non-hydrogen) atoms. The van der Waals surface area contributed by atoms with E-state index >= 15 is 0 Å². The summed E-state index contributed by atoms with van der Waals surface area (Å²) in [6, 6.07) is 5.69. The molecule has 8 nitrogen and oxygen atoms in total. The Kier molecular flexibility index (Phi) is 8.68. The quantitative estimate of drug-likeness (QED) is 0.383. The van der Waals surface area contributed by atoms with Crippen molar-refractivity contribution in [2.75, 3.05) is 46.6 Å². The molecule has 0 aliphatic carbocycles. The van der Waals surface area contributed by atoms with Crippen LogP contribution < -0.4 is 9.47 Å². The van der Waals surface area contributed by atoms with Gasteiger partial charge in [0.2, 0.25) is 12.7 Å². The second-order valence-electron chi connectivity index (χ2n) is 10.8. The van der Waals surface area contributed by atoms with Gasteiger partial charge in [-0.3, -0.25) is 9.69 Å². The summed E-state index contributed by atoms with van der Waals surface area (Å²) in [4.78, 5) is 31.2. The van der Waals surface area contributed by atoms with E-state index in [2.05, 4.69) is 0 Å². The number of amides is 2. The molecule has 3 heterocycles. The van der Waals surface area contributed by atoms with E-state index in [1.54, 1.807) is 23.1 Å². The van der Waals surface area contributed by atoms with E-state index in [0.717, 1.165) is 6.42 Å². The van der Waals surface area contributed by atoms with E-state index in [9.17, 15) is 35.9 Å². The molecule has 0 aromatic heterocycles. The highest BCUT2D eigenvalue weighted by Gasteiger charge is 2.40. The first-order valence-electron chi connectivity index (χ1n) is 13.9. The standard InChI is InChI=1S/C29H31F6N3O5/c1-36(10-6-18-14-19(28(30,31)32)16-20(15-18)29(33,34)35)26(39)24(22-4-2-5-23-25(22)43-17-42-23)37-11-7-21(8-12-37)38-9-3-13-41-27(38)40/h2,4-5,14-16,21,24H,3,6-13,17H2,1H3/t24-/m0/s1. The van der Waals surface area contributed by atoms with E-state index in [4.69, 9.17) is 14.2 Å². The number of alkyl halides is 6. The van der Waals surface area contributed by atoms with Gasteiger partial charge in [-0.05, 0) is 55.5 Å². The minimum atomic E-state index is -4.96. The second-order valence-corrected chi connectivity index (χ2v) is 10.8. The van der Waals surface area contributed by atoms with E-state index in [-0.39, 0.29) is 43.5 Å². The Bertz CT molecular complexity index is 1310. The summed E-state index contributed by atoms with van der Waals surface area (Å²) in [5.74, 6) is 0.471. The highest BCUT2D eigenvalue weighted by molar-refractivity contribution is 5.84. The molecule has 3 aliphatic rings. The number of benzene rings is 2. The van der Waals surface area contributed by atoms with Crippen molar-refractivity contribution in [2.24, 2.45) is 0 Å². The normalized spacial score (nSPS) is 18.9. The number of cyclic esters (lactones) is 1. The number of likely N-dealkylation sites (tertiary alicyclic amines) is 1. The van der Waals surface area contributed by atoms with Crippen LogP contribution in [-0.2, 0) is 28.3 Å². The number of carbonyl (C=O) groups is 2. The van der Waals surface area contributed by atoms with Crippen LogP contribution in [0, 0.1) is 0 Å². The van der Waals surface area contributed by atoms with Crippen LogP contribution in [0.2, 0.25) is 0 Å². The highest BCUT2D eigenvalue weighted by atomic mass is 19.4. The zero-order valence-corrected chi connectivity index (χ0v) is 23.3. The lowest BCUT2D eigenvalue weighted by Crippen LogP contribution is -2.52. The lowest BCUT2D eigenvalue weighted by Gasteiger charge is -2.42. The zero-order valence-electron chi connectivity index (χ0n) is 23.3. The third kappa shape index (κ3) is 6.78. The molecule has 0 bridgehead atoms. The van der Waals surface area contributed by atoms with Gasteiger partial charge in [0, 0.05) is 44.8 Å². The SMILES string of the molecule is CN(CCc1cc(C(F)(F)F)cc(C(F)(F)F)c1)C(=O)[C@H](c1cccc2c1OCO2)N1CCC(N2CCCOC2=O)CC1. The molecule has 0 radical (unpaired) electrons. The Morgan fingerprint density at radius 1 is 0.977 bits per heavy atom. The summed E-state index contributed by atoms with van der Waals surface area (Å²) in [6.45, 7) is 1.72. The van der Waals surface area contributed by atoms with E-state index in [0.29, 0.717) is 68.3 Å². The molecule has 2 amide bonds. The Balaban J connectivity index is 1.36. The largest absolute Gasteiger partial charge is 0.454 e. The third-order valence-corrected chi connectivity index (χ3v) is 8.02. The zero-order chi connectivity index (χ0) is 30.9. The summed E-state index contributed by atoms with van der Waals surface area (Å²) in [5.41, 5.74) is -2.45. The minimum absolute atomic E-state index is 0.0284. The molecule has 2 fully saturated rings. The van der Waals surface area contributed by atoms with Crippen LogP contribution >= 0.6 is 0 Å². The molecular formula is C29H31F6N3O5. The molecule has 5 rings (SSSR count). The average Bonchev–Trinajstić information content (AvgIpc) is 3.45. The van der Waals surface area contributed by atoms with Gasteiger partial charge in [-0.2, -0.15) is 26.3 Å². The van der Waals surface area contributed by atoms with Crippen LogP contribution in [0.5, 0.6) is 11.5 Å². The predicted molar refractivity (Wildman–Crippen MR) is 140 cm³/mol. The van der Waals surface area contributed by atoms with Gasteiger partial charge in [-0.1, -0.05) is 12.1 Å². The van der Waals surface area contributed by atoms with Crippen molar-refractivity contribution in [3.8, 4) is 11.5 Å². The average molecular weight is 616 g/mol. The van der Waals surface area contributed by atoms with Gasteiger partial charge < -0.3 is 24.0 Å². The molecule has 1 atom stereocenters. The molecular weight excluding hydrogens is 584 g/mol. The third-order valence-electron chi connectivity index (χ3n) is 8.02. The number of rotatable bonds is 7. The van der Waals surface area contributed by atoms with Crippen LogP contribution in [-0.4, -0.2) is 79.4 Å². The molecule has 234 valence electrons. The van der Waals surface area contributed by atoms with Crippen molar-refractivity contribution in [2.45, 2.75) is 50.1 Å². The lowest BCUT2D eigenvalue weighted by molar-refractivity contribution is -0.143. The first-order valence-corrected chi connectivity index (χ1v) is 13.9. The number of nitrogens with zero attached hydrogens (tertiary/aromatic N) is 3. The Morgan fingerprint density at radius 3 is 2.28 bits per heavy atom. The lowest BCUT2D eigenvalue weighted by atomic mass is 9.96. The van der Waals surface area contributed by atoms with Crippen molar-refractivity contribution in [3.05, 3.63) is 58.7 Å². The van der Waals surface area contributed by atoms with Crippen LogP contribution in [0.15, 0.2) is 36.4 Å². The molecule has 0 unspecified atom stereocenters.